The van der Waals surface area contributed by atoms with E-state index in [2.05, 4.69) is 5.32 Å². The highest BCUT2D eigenvalue weighted by Crippen LogP contribution is 2.28. The highest BCUT2D eigenvalue weighted by atomic mass is 127. The number of carboxylic acid groups (broad SMARTS) is 1. The standard InChI is InChI=1S/C12H11ClINO4/c1-19-10-6-9(14)8(13)5-7(10)12(18)15-4-2-3-11(16)17/h2-3,5-6H,4H2,1H3,(H,15,18)(H,16,17)/b3-2+. The molecule has 0 fully saturated rings. The average molecular weight is 396 g/mol. The van der Waals surface area contributed by atoms with E-state index in [9.17, 15) is 9.59 Å². The van der Waals surface area contributed by atoms with E-state index in [-0.39, 0.29) is 12.5 Å². The van der Waals surface area contributed by atoms with Gasteiger partial charge in [0.15, 0.2) is 0 Å². The summed E-state index contributed by atoms with van der Waals surface area (Å²) >= 11 is 7.99. The zero-order chi connectivity index (χ0) is 14.4. The number of carbonyl (C=O) groups excluding carboxylic acids is 1. The lowest BCUT2D eigenvalue weighted by atomic mass is 10.2. The maximum atomic E-state index is 11.9. The van der Waals surface area contributed by atoms with Crippen LogP contribution >= 0.6 is 34.2 Å². The SMILES string of the molecule is COc1cc(I)c(Cl)cc1C(=O)NC/C=C/C(=O)O. The first-order valence-corrected chi connectivity index (χ1v) is 6.62. The summed E-state index contributed by atoms with van der Waals surface area (Å²) in [4.78, 5) is 22.2. The average Bonchev–Trinajstić information content (AvgIpc) is 2.36. The number of hydrogen-bond acceptors (Lipinski definition) is 3. The summed E-state index contributed by atoms with van der Waals surface area (Å²) in [5, 5.41) is 11.4. The monoisotopic (exact) mass is 395 g/mol. The molecule has 0 spiro atoms. The summed E-state index contributed by atoms with van der Waals surface area (Å²) in [6.07, 6.45) is 2.29. The number of rotatable bonds is 5. The Hall–Kier alpha value is -1.28. The second-order valence-corrected chi connectivity index (χ2v) is 4.99. The van der Waals surface area contributed by atoms with Crippen molar-refractivity contribution < 1.29 is 19.4 Å². The van der Waals surface area contributed by atoms with Crippen molar-refractivity contribution >= 4 is 46.1 Å². The number of carboxylic acids is 1. The van der Waals surface area contributed by atoms with Crippen molar-refractivity contribution in [2.24, 2.45) is 0 Å². The van der Waals surface area contributed by atoms with Gasteiger partial charge < -0.3 is 15.2 Å². The minimum atomic E-state index is -1.07. The predicted octanol–water partition coefficient (Wildman–Crippen LogP) is 2.32. The normalized spacial score (nSPS) is 10.5. The van der Waals surface area contributed by atoms with Gasteiger partial charge in [0.2, 0.25) is 0 Å². The molecule has 5 nitrogen and oxygen atoms in total. The highest BCUT2D eigenvalue weighted by molar-refractivity contribution is 14.1. The number of aliphatic carboxylic acids is 1. The molecule has 1 amide bonds. The van der Waals surface area contributed by atoms with Crippen LogP contribution in [0.1, 0.15) is 10.4 Å². The van der Waals surface area contributed by atoms with E-state index >= 15 is 0 Å². The van der Waals surface area contributed by atoms with Crippen LogP contribution in [-0.4, -0.2) is 30.6 Å². The number of benzene rings is 1. The Labute approximate surface area is 128 Å². The van der Waals surface area contributed by atoms with E-state index in [0.29, 0.717) is 16.3 Å². The molecule has 1 aromatic rings. The lowest BCUT2D eigenvalue weighted by molar-refractivity contribution is -0.131. The van der Waals surface area contributed by atoms with Gasteiger partial charge in [-0.1, -0.05) is 17.7 Å². The zero-order valence-corrected chi connectivity index (χ0v) is 12.9. The fourth-order valence-corrected chi connectivity index (χ4v) is 1.88. The van der Waals surface area contributed by atoms with Crippen LogP contribution in [0.5, 0.6) is 5.75 Å². The van der Waals surface area contributed by atoms with Crippen LogP contribution in [0.25, 0.3) is 0 Å². The van der Waals surface area contributed by atoms with E-state index in [1.807, 2.05) is 22.6 Å². The van der Waals surface area contributed by atoms with Gasteiger partial charge in [-0.3, -0.25) is 4.79 Å². The minimum absolute atomic E-state index is 0.109. The maximum Gasteiger partial charge on any atom is 0.328 e. The molecule has 0 bridgehead atoms. The molecule has 0 saturated heterocycles. The second-order valence-electron chi connectivity index (χ2n) is 3.42. The van der Waals surface area contributed by atoms with E-state index in [0.717, 1.165) is 9.65 Å². The number of ether oxygens (including phenoxy) is 1. The smallest absolute Gasteiger partial charge is 0.328 e. The number of methoxy groups -OCH3 is 1. The predicted molar refractivity (Wildman–Crippen MR) is 79.8 cm³/mol. The first-order valence-electron chi connectivity index (χ1n) is 5.16. The number of carbonyl (C=O) groups is 2. The Bertz CT molecular complexity index is 531. The number of hydrogen-bond donors (Lipinski definition) is 2. The van der Waals surface area contributed by atoms with Gasteiger partial charge in [0, 0.05) is 16.2 Å². The molecular weight excluding hydrogens is 384 g/mol. The Morgan fingerprint density at radius 1 is 1.53 bits per heavy atom. The Kier molecular flexibility index (Phi) is 6.10. The van der Waals surface area contributed by atoms with E-state index in [4.69, 9.17) is 21.4 Å². The first-order chi connectivity index (χ1) is 8.95. The molecule has 0 atom stereocenters. The zero-order valence-electron chi connectivity index (χ0n) is 9.94. The number of amides is 1. The molecule has 0 heterocycles. The maximum absolute atomic E-state index is 11.9. The van der Waals surface area contributed by atoms with Crippen molar-refractivity contribution in [2.75, 3.05) is 13.7 Å². The Morgan fingerprint density at radius 3 is 2.79 bits per heavy atom. The van der Waals surface area contributed by atoms with Crippen molar-refractivity contribution in [3.63, 3.8) is 0 Å². The van der Waals surface area contributed by atoms with Crippen LogP contribution in [0.3, 0.4) is 0 Å². The summed E-state index contributed by atoms with van der Waals surface area (Å²) < 4.78 is 5.89. The fourth-order valence-electron chi connectivity index (χ4n) is 1.28. The van der Waals surface area contributed by atoms with Gasteiger partial charge in [0.25, 0.3) is 5.91 Å². The summed E-state index contributed by atoms with van der Waals surface area (Å²) in [6.45, 7) is 0.109. The molecule has 19 heavy (non-hydrogen) atoms. The van der Waals surface area contributed by atoms with Gasteiger partial charge >= 0.3 is 5.97 Å². The lowest BCUT2D eigenvalue weighted by Gasteiger charge is -2.09. The van der Waals surface area contributed by atoms with Crippen molar-refractivity contribution in [1.29, 1.82) is 0 Å². The highest BCUT2D eigenvalue weighted by Gasteiger charge is 2.14. The van der Waals surface area contributed by atoms with Gasteiger partial charge in [-0.05, 0) is 34.7 Å². The van der Waals surface area contributed by atoms with E-state index < -0.39 is 5.97 Å². The summed E-state index contributed by atoms with van der Waals surface area (Å²) in [5.41, 5.74) is 0.302. The number of halogens is 2. The summed E-state index contributed by atoms with van der Waals surface area (Å²) in [7, 11) is 1.46. The molecule has 102 valence electrons. The fraction of sp³-hybridized carbons (Fsp3) is 0.167. The van der Waals surface area contributed by atoms with Crippen LogP contribution < -0.4 is 10.1 Å². The molecule has 2 N–H and O–H groups in total. The topological polar surface area (TPSA) is 75.6 Å². The third-order valence-electron chi connectivity index (χ3n) is 2.13. The van der Waals surface area contributed by atoms with Crippen LogP contribution in [0.15, 0.2) is 24.3 Å². The summed E-state index contributed by atoms with van der Waals surface area (Å²) in [6, 6.07) is 3.17. The molecule has 0 aliphatic carbocycles. The van der Waals surface area contributed by atoms with Crippen LogP contribution in [0.4, 0.5) is 0 Å². The molecule has 7 heteroatoms. The van der Waals surface area contributed by atoms with Crippen LogP contribution in [0.2, 0.25) is 5.02 Å². The first kappa shape index (κ1) is 15.8. The molecule has 1 rings (SSSR count). The third kappa shape index (κ3) is 4.71. The second kappa shape index (κ2) is 7.34. The van der Waals surface area contributed by atoms with E-state index in [1.165, 1.54) is 19.3 Å². The molecule has 0 aliphatic heterocycles. The molecule has 0 radical (unpaired) electrons. The molecule has 0 aromatic heterocycles. The molecule has 1 aromatic carbocycles. The molecular formula is C12H11ClINO4. The van der Waals surface area contributed by atoms with Crippen molar-refractivity contribution in [2.45, 2.75) is 0 Å². The molecule has 0 unspecified atom stereocenters. The largest absolute Gasteiger partial charge is 0.496 e. The van der Waals surface area contributed by atoms with Gasteiger partial charge in [-0.25, -0.2) is 4.79 Å². The van der Waals surface area contributed by atoms with Crippen molar-refractivity contribution in [3.05, 3.63) is 38.4 Å². The van der Waals surface area contributed by atoms with Gasteiger partial charge in [-0.2, -0.15) is 0 Å². The molecule has 0 saturated carbocycles. The quantitative estimate of drug-likeness (QED) is 0.593. The minimum Gasteiger partial charge on any atom is -0.496 e. The van der Waals surface area contributed by atoms with Gasteiger partial charge in [0.1, 0.15) is 5.75 Å². The van der Waals surface area contributed by atoms with Crippen molar-refractivity contribution in [1.82, 2.24) is 5.32 Å². The third-order valence-corrected chi connectivity index (χ3v) is 3.65. The number of nitrogens with one attached hydrogen (secondary N) is 1. The Morgan fingerprint density at radius 2 is 2.21 bits per heavy atom. The van der Waals surface area contributed by atoms with Crippen molar-refractivity contribution in [3.8, 4) is 5.75 Å². The molecule has 0 aliphatic rings. The Balaban J connectivity index is 2.82. The lowest BCUT2D eigenvalue weighted by Crippen LogP contribution is -2.24. The summed E-state index contributed by atoms with van der Waals surface area (Å²) in [5.74, 6) is -1.04. The van der Waals surface area contributed by atoms with Gasteiger partial charge in [0.05, 0.1) is 17.7 Å². The van der Waals surface area contributed by atoms with Crippen LogP contribution in [-0.2, 0) is 4.79 Å². The van der Waals surface area contributed by atoms with Gasteiger partial charge in [-0.15, -0.1) is 0 Å². The van der Waals surface area contributed by atoms with Crippen LogP contribution in [0, 0.1) is 3.57 Å². The van der Waals surface area contributed by atoms with E-state index in [1.54, 1.807) is 6.07 Å².